The number of carbonyl (C=O) groups is 1. The minimum absolute atomic E-state index is 0.232. The predicted molar refractivity (Wildman–Crippen MR) is 59.3 cm³/mol. The van der Waals surface area contributed by atoms with Crippen LogP contribution in [-0.4, -0.2) is 26.0 Å². The lowest BCUT2D eigenvalue weighted by molar-refractivity contribution is -0.135. The van der Waals surface area contributed by atoms with Gasteiger partial charge in [0.15, 0.2) is 0 Å². The summed E-state index contributed by atoms with van der Waals surface area (Å²) in [5.74, 6) is -1.27. The van der Waals surface area contributed by atoms with Gasteiger partial charge >= 0.3 is 5.97 Å². The molecule has 0 aliphatic carbocycles. The first kappa shape index (κ1) is 12.5. The van der Waals surface area contributed by atoms with Crippen molar-refractivity contribution in [2.24, 2.45) is 5.14 Å². The Bertz CT molecular complexity index is 481. The first-order valence-corrected chi connectivity index (χ1v) is 5.90. The summed E-state index contributed by atoms with van der Waals surface area (Å²) in [6, 6.07) is 6.36. The average Bonchev–Trinajstić information content (AvgIpc) is 2.14. The fraction of sp³-hybridized carbons (Fsp3) is 0.222. The highest BCUT2D eigenvalue weighted by molar-refractivity contribution is 7.90. The monoisotopic (exact) mass is 244 g/mol. The van der Waals surface area contributed by atoms with E-state index >= 15 is 0 Å². The fourth-order valence-electron chi connectivity index (χ4n) is 1.16. The minimum Gasteiger partial charge on any atom is -0.480 e. The molecule has 0 aliphatic heterocycles. The summed E-state index contributed by atoms with van der Waals surface area (Å²) in [6.45, 7) is 1.14. The highest BCUT2D eigenvalue weighted by atomic mass is 32.2. The summed E-state index contributed by atoms with van der Waals surface area (Å²) in [6.07, 6.45) is 0. The smallest absolute Gasteiger partial charge is 0.324 e. The number of aryl methyl sites for hydroxylation is 1. The number of aliphatic carboxylic acids is 1. The summed E-state index contributed by atoms with van der Waals surface area (Å²) in [7, 11) is -4.07. The molecular formula is C9H12N2O4S. The van der Waals surface area contributed by atoms with Gasteiger partial charge in [-0.3, -0.25) is 4.79 Å². The molecule has 16 heavy (non-hydrogen) atoms. The standard InChI is InChI=1S/C9H12N2O4S/c1-7-2-4-8(5-3-7)11(6-9(12)13)16(10,14)15/h2-5H,6H2,1H3,(H,12,13)(H2,10,14,15). The number of rotatable bonds is 4. The van der Waals surface area contributed by atoms with Gasteiger partial charge in [-0.05, 0) is 19.1 Å². The van der Waals surface area contributed by atoms with Crippen molar-refractivity contribution in [3.8, 4) is 0 Å². The van der Waals surface area contributed by atoms with E-state index in [-0.39, 0.29) is 5.69 Å². The zero-order chi connectivity index (χ0) is 12.3. The highest BCUT2D eigenvalue weighted by Gasteiger charge is 2.20. The third-order valence-electron chi connectivity index (χ3n) is 1.91. The quantitative estimate of drug-likeness (QED) is 0.783. The van der Waals surface area contributed by atoms with Crippen molar-refractivity contribution in [2.45, 2.75) is 6.92 Å². The summed E-state index contributed by atoms with van der Waals surface area (Å²) < 4.78 is 23.0. The van der Waals surface area contributed by atoms with Gasteiger partial charge in [0.05, 0.1) is 5.69 Å². The van der Waals surface area contributed by atoms with Crippen LogP contribution in [0.5, 0.6) is 0 Å². The molecule has 0 radical (unpaired) electrons. The number of nitrogens with zero attached hydrogens (tertiary/aromatic N) is 1. The van der Waals surface area contributed by atoms with Crippen LogP contribution < -0.4 is 9.44 Å². The summed E-state index contributed by atoms with van der Waals surface area (Å²) in [5.41, 5.74) is 1.17. The molecule has 0 bridgehead atoms. The molecule has 0 fully saturated rings. The van der Waals surface area contributed by atoms with E-state index in [2.05, 4.69) is 0 Å². The first-order valence-electron chi connectivity index (χ1n) is 4.39. The summed E-state index contributed by atoms with van der Waals surface area (Å²) in [4.78, 5) is 10.5. The van der Waals surface area contributed by atoms with E-state index in [1.165, 1.54) is 12.1 Å². The second-order valence-electron chi connectivity index (χ2n) is 3.28. The van der Waals surface area contributed by atoms with E-state index in [1.54, 1.807) is 12.1 Å². The van der Waals surface area contributed by atoms with E-state index < -0.39 is 22.7 Å². The molecule has 1 aromatic rings. The number of anilines is 1. The van der Waals surface area contributed by atoms with E-state index in [0.717, 1.165) is 5.56 Å². The number of carboxylic acids is 1. The van der Waals surface area contributed by atoms with Crippen LogP contribution in [0.3, 0.4) is 0 Å². The van der Waals surface area contributed by atoms with Crippen LogP contribution in [0.2, 0.25) is 0 Å². The molecule has 0 spiro atoms. The highest BCUT2D eigenvalue weighted by Crippen LogP contribution is 2.16. The van der Waals surface area contributed by atoms with Crippen LogP contribution in [0.4, 0.5) is 5.69 Å². The molecule has 0 saturated heterocycles. The van der Waals surface area contributed by atoms with Gasteiger partial charge in [0, 0.05) is 0 Å². The van der Waals surface area contributed by atoms with Gasteiger partial charge in [0.25, 0.3) is 10.2 Å². The molecule has 0 heterocycles. The lowest BCUT2D eigenvalue weighted by atomic mass is 10.2. The van der Waals surface area contributed by atoms with Gasteiger partial charge in [-0.25, -0.2) is 9.44 Å². The topological polar surface area (TPSA) is 101 Å². The molecule has 0 unspecified atom stereocenters. The van der Waals surface area contributed by atoms with Crippen molar-refractivity contribution >= 4 is 21.9 Å². The second-order valence-corrected chi connectivity index (χ2v) is 4.75. The Kier molecular flexibility index (Phi) is 3.51. The molecule has 0 atom stereocenters. The molecule has 88 valence electrons. The van der Waals surface area contributed by atoms with E-state index in [1.807, 2.05) is 6.92 Å². The SMILES string of the molecule is Cc1ccc(N(CC(=O)O)S(N)(=O)=O)cc1. The molecule has 0 amide bonds. The van der Waals surface area contributed by atoms with Crippen LogP contribution in [0.25, 0.3) is 0 Å². The maximum Gasteiger partial charge on any atom is 0.324 e. The van der Waals surface area contributed by atoms with Gasteiger partial charge in [0.2, 0.25) is 0 Å². The molecule has 6 nitrogen and oxygen atoms in total. The fourth-order valence-corrected chi connectivity index (χ4v) is 1.87. The van der Waals surface area contributed by atoms with Crippen LogP contribution in [0, 0.1) is 6.92 Å². The molecule has 3 N–H and O–H groups in total. The number of hydrogen-bond acceptors (Lipinski definition) is 3. The molecule has 0 aromatic heterocycles. The molecule has 7 heteroatoms. The Labute approximate surface area is 93.5 Å². The summed E-state index contributed by atoms with van der Waals surface area (Å²) in [5, 5.41) is 13.5. The molecule has 0 saturated carbocycles. The van der Waals surface area contributed by atoms with Crippen LogP contribution in [0.15, 0.2) is 24.3 Å². The molecular weight excluding hydrogens is 232 g/mol. The average molecular weight is 244 g/mol. The van der Waals surface area contributed by atoms with Gasteiger partial charge in [-0.2, -0.15) is 8.42 Å². The predicted octanol–water partition coefficient (Wildman–Crippen LogP) is 0.0895. The van der Waals surface area contributed by atoms with E-state index in [9.17, 15) is 13.2 Å². The first-order chi connectivity index (χ1) is 7.30. The molecule has 0 aliphatic rings. The maximum absolute atomic E-state index is 11.2. The third kappa shape index (κ3) is 3.21. The molecule has 1 rings (SSSR count). The van der Waals surface area contributed by atoms with Crippen molar-refractivity contribution in [1.29, 1.82) is 0 Å². The number of nitrogens with two attached hydrogens (primary N) is 1. The normalized spacial score (nSPS) is 11.1. The number of hydrogen-bond donors (Lipinski definition) is 2. The number of carboxylic acid groups (broad SMARTS) is 1. The van der Waals surface area contributed by atoms with Gasteiger partial charge in [-0.15, -0.1) is 0 Å². The Morgan fingerprint density at radius 2 is 1.88 bits per heavy atom. The zero-order valence-corrected chi connectivity index (χ0v) is 9.44. The minimum atomic E-state index is -4.07. The van der Waals surface area contributed by atoms with Crippen molar-refractivity contribution in [2.75, 3.05) is 10.8 Å². The van der Waals surface area contributed by atoms with E-state index in [4.69, 9.17) is 10.2 Å². The van der Waals surface area contributed by atoms with E-state index in [0.29, 0.717) is 4.31 Å². The van der Waals surface area contributed by atoms with Crippen LogP contribution in [-0.2, 0) is 15.0 Å². The van der Waals surface area contributed by atoms with Crippen molar-refractivity contribution in [3.63, 3.8) is 0 Å². The van der Waals surface area contributed by atoms with Crippen LogP contribution >= 0.6 is 0 Å². The van der Waals surface area contributed by atoms with Crippen molar-refractivity contribution < 1.29 is 18.3 Å². The Morgan fingerprint density at radius 3 is 2.25 bits per heavy atom. The third-order valence-corrected chi connectivity index (χ3v) is 2.86. The lowest BCUT2D eigenvalue weighted by Gasteiger charge is -2.19. The van der Waals surface area contributed by atoms with Crippen LogP contribution in [0.1, 0.15) is 5.56 Å². The van der Waals surface area contributed by atoms with Crippen molar-refractivity contribution in [3.05, 3.63) is 29.8 Å². The lowest BCUT2D eigenvalue weighted by Crippen LogP contribution is -2.40. The Morgan fingerprint density at radius 1 is 1.38 bits per heavy atom. The van der Waals surface area contributed by atoms with Crippen molar-refractivity contribution in [1.82, 2.24) is 0 Å². The summed E-state index contributed by atoms with van der Waals surface area (Å²) >= 11 is 0. The van der Waals surface area contributed by atoms with Gasteiger partial charge in [-0.1, -0.05) is 17.7 Å². The Balaban J connectivity index is 3.11. The maximum atomic E-state index is 11.2. The Hall–Kier alpha value is -1.60. The second kappa shape index (κ2) is 4.50. The van der Waals surface area contributed by atoms with Gasteiger partial charge in [0.1, 0.15) is 6.54 Å². The molecule has 1 aromatic carbocycles. The van der Waals surface area contributed by atoms with Gasteiger partial charge < -0.3 is 5.11 Å². The number of benzene rings is 1. The zero-order valence-electron chi connectivity index (χ0n) is 8.62. The largest absolute Gasteiger partial charge is 0.480 e.